The zero-order chi connectivity index (χ0) is 15.7. The van der Waals surface area contributed by atoms with E-state index in [4.69, 9.17) is 0 Å². The second-order valence-electron chi connectivity index (χ2n) is 7.53. The number of nitrogens with one attached hydrogen (secondary N) is 1. The van der Waals surface area contributed by atoms with E-state index in [0.717, 1.165) is 17.5 Å². The highest BCUT2D eigenvalue weighted by Gasteiger charge is 2.47. The van der Waals surface area contributed by atoms with Crippen LogP contribution >= 0.6 is 0 Å². The minimum Gasteiger partial charge on any atom is -0.358 e. The number of aromatic amines is 1. The summed E-state index contributed by atoms with van der Waals surface area (Å²) in [4.78, 5) is 3.57. The third-order valence-corrected chi connectivity index (χ3v) is 5.05. The predicted molar refractivity (Wildman–Crippen MR) is 89.1 cm³/mol. The van der Waals surface area contributed by atoms with Crippen LogP contribution in [0.1, 0.15) is 39.0 Å². The Kier molecular flexibility index (Phi) is 2.58. The van der Waals surface area contributed by atoms with Gasteiger partial charge in [0.25, 0.3) is 0 Å². The average Bonchev–Trinajstić information content (AvgIpc) is 2.84. The van der Waals surface area contributed by atoms with E-state index in [9.17, 15) is 5.21 Å². The van der Waals surface area contributed by atoms with Crippen molar-refractivity contribution in [3.05, 3.63) is 47.7 Å². The lowest BCUT2D eigenvalue weighted by Gasteiger charge is -2.46. The SMILES string of the molecule is CC1(C)Cc2[nH]c3ccc4ccccc4c3c2C(C)(C)N1[O]. The van der Waals surface area contributed by atoms with Crippen molar-refractivity contribution >= 4 is 21.7 Å². The fourth-order valence-corrected chi connectivity index (χ4v) is 4.19. The Morgan fingerprint density at radius 3 is 2.55 bits per heavy atom. The first-order chi connectivity index (χ1) is 10.3. The maximum absolute atomic E-state index is 12.9. The molecule has 0 atom stereocenters. The van der Waals surface area contributed by atoms with Gasteiger partial charge in [-0.2, -0.15) is 0 Å². The Morgan fingerprint density at radius 1 is 1.05 bits per heavy atom. The van der Waals surface area contributed by atoms with Gasteiger partial charge in [-0.1, -0.05) is 30.3 Å². The first-order valence-corrected chi connectivity index (χ1v) is 7.82. The van der Waals surface area contributed by atoms with Crippen molar-refractivity contribution in [2.45, 2.75) is 45.2 Å². The zero-order valence-corrected chi connectivity index (χ0v) is 13.5. The van der Waals surface area contributed by atoms with Crippen molar-refractivity contribution in [2.24, 2.45) is 0 Å². The third-order valence-electron chi connectivity index (χ3n) is 5.05. The van der Waals surface area contributed by atoms with Crippen LogP contribution in [0.2, 0.25) is 0 Å². The van der Waals surface area contributed by atoms with E-state index >= 15 is 0 Å². The molecule has 0 aliphatic carbocycles. The molecule has 3 heteroatoms. The molecular formula is C19H21N2O. The van der Waals surface area contributed by atoms with Crippen molar-refractivity contribution in [3.63, 3.8) is 0 Å². The normalized spacial score (nSPS) is 20.4. The molecule has 3 aromatic rings. The van der Waals surface area contributed by atoms with E-state index in [1.807, 2.05) is 27.7 Å². The molecule has 0 saturated carbocycles. The van der Waals surface area contributed by atoms with Gasteiger partial charge in [-0.05, 0) is 44.5 Å². The Labute approximate surface area is 130 Å². The van der Waals surface area contributed by atoms with Crippen LogP contribution < -0.4 is 0 Å². The first-order valence-electron chi connectivity index (χ1n) is 7.82. The quantitative estimate of drug-likeness (QED) is 0.649. The van der Waals surface area contributed by atoms with Crippen molar-refractivity contribution in [1.82, 2.24) is 10.0 Å². The van der Waals surface area contributed by atoms with Crippen LogP contribution in [0.15, 0.2) is 36.4 Å². The lowest BCUT2D eigenvalue weighted by Crippen LogP contribution is -2.55. The zero-order valence-electron chi connectivity index (χ0n) is 13.5. The van der Waals surface area contributed by atoms with E-state index in [1.165, 1.54) is 26.9 Å². The van der Waals surface area contributed by atoms with Crippen molar-refractivity contribution in [2.75, 3.05) is 0 Å². The fraction of sp³-hybridized carbons (Fsp3) is 0.368. The van der Waals surface area contributed by atoms with Gasteiger partial charge in [-0.25, -0.2) is 0 Å². The van der Waals surface area contributed by atoms with Gasteiger partial charge in [0.1, 0.15) is 0 Å². The highest BCUT2D eigenvalue weighted by molar-refractivity contribution is 6.09. The van der Waals surface area contributed by atoms with Gasteiger partial charge in [-0.15, -0.1) is 10.3 Å². The number of aromatic nitrogens is 1. The Hall–Kier alpha value is -1.84. The molecule has 1 aliphatic rings. The molecule has 0 fully saturated rings. The second-order valence-corrected chi connectivity index (χ2v) is 7.53. The van der Waals surface area contributed by atoms with Gasteiger partial charge >= 0.3 is 0 Å². The molecule has 0 amide bonds. The minimum absolute atomic E-state index is 0.396. The number of H-pyrrole nitrogens is 1. The van der Waals surface area contributed by atoms with Gasteiger partial charge in [0.15, 0.2) is 0 Å². The molecule has 0 spiro atoms. The number of hydrogen-bond acceptors (Lipinski definition) is 1. The molecule has 0 bridgehead atoms. The third kappa shape index (κ3) is 1.64. The van der Waals surface area contributed by atoms with Crippen LogP contribution in [-0.2, 0) is 17.2 Å². The average molecular weight is 293 g/mol. The summed E-state index contributed by atoms with van der Waals surface area (Å²) in [7, 11) is 0. The highest BCUT2D eigenvalue weighted by Crippen LogP contribution is 2.46. The van der Waals surface area contributed by atoms with Gasteiger partial charge in [0.2, 0.25) is 0 Å². The Bertz CT molecular complexity index is 889. The van der Waals surface area contributed by atoms with Crippen molar-refractivity contribution in [1.29, 1.82) is 0 Å². The van der Waals surface area contributed by atoms with E-state index in [1.54, 1.807) is 0 Å². The molecule has 2 aromatic carbocycles. The molecule has 22 heavy (non-hydrogen) atoms. The molecule has 0 unspecified atom stereocenters. The second kappa shape index (κ2) is 4.12. The summed E-state index contributed by atoms with van der Waals surface area (Å²) in [5.74, 6) is 0. The van der Waals surface area contributed by atoms with Crippen LogP contribution in [0.3, 0.4) is 0 Å². The summed E-state index contributed by atoms with van der Waals surface area (Å²) in [5, 5.41) is 17.8. The van der Waals surface area contributed by atoms with Crippen LogP contribution in [-0.4, -0.2) is 15.6 Å². The number of benzene rings is 2. The molecule has 1 aromatic heterocycles. The minimum atomic E-state index is -0.542. The van der Waals surface area contributed by atoms with Gasteiger partial charge in [0, 0.05) is 28.6 Å². The van der Waals surface area contributed by atoms with Crippen LogP contribution in [0.25, 0.3) is 21.7 Å². The standard InChI is InChI=1S/C19H21N2O/c1-18(2)11-15-17(19(3,4)21(18)22)16-13-8-6-5-7-12(13)9-10-14(16)20-15/h5-10,20H,11H2,1-4H3. The number of hydrogen-bond donors (Lipinski definition) is 1. The van der Waals surface area contributed by atoms with Crippen LogP contribution in [0.4, 0.5) is 0 Å². The lowest BCUT2D eigenvalue weighted by molar-refractivity contribution is -0.280. The largest absolute Gasteiger partial charge is 0.358 e. The van der Waals surface area contributed by atoms with E-state index in [0.29, 0.717) is 0 Å². The van der Waals surface area contributed by atoms with E-state index in [-0.39, 0.29) is 0 Å². The van der Waals surface area contributed by atoms with Crippen LogP contribution in [0.5, 0.6) is 0 Å². The molecule has 113 valence electrons. The van der Waals surface area contributed by atoms with E-state index < -0.39 is 11.1 Å². The maximum atomic E-state index is 12.9. The Morgan fingerprint density at radius 2 is 1.77 bits per heavy atom. The van der Waals surface area contributed by atoms with Crippen molar-refractivity contribution in [3.8, 4) is 0 Å². The molecular weight excluding hydrogens is 272 g/mol. The number of nitrogens with zero attached hydrogens (tertiary/aromatic N) is 1. The van der Waals surface area contributed by atoms with Gasteiger partial charge < -0.3 is 4.98 Å². The Balaban J connectivity index is 2.16. The monoisotopic (exact) mass is 293 g/mol. The van der Waals surface area contributed by atoms with Crippen molar-refractivity contribution < 1.29 is 5.21 Å². The highest BCUT2D eigenvalue weighted by atomic mass is 16.5. The summed E-state index contributed by atoms with van der Waals surface area (Å²) in [6.45, 7) is 8.12. The van der Waals surface area contributed by atoms with Gasteiger partial charge in [0.05, 0.1) is 11.1 Å². The summed E-state index contributed by atoms with van der Waals surface area (Å²) in [6, 6.07) is 12.7. The summed E-state index contributed by atoms with van der Waals surface area (Å²) >= 11 is 0. The number of fused-ring (bicyclic) bond motifs is 5. The number of rotatable bonds is 0. The molecule has 0 saturated heterocycles. The van der Waals surface area contributed by atoms with Gasteiger partial charge in [-0.3, -0.25) is 0 Å². The predicted octanol–water partition coefficient (Wildman–Crippen LogP) is 4.54. The number of hydroxylamine groups is 2. The van der Waals surface area contributed by atoms with Crippen LogP contribution in [0, 0.1) is 0 Å². The molecule has 1 radical (unpaired) electrons. The molecule has 1 aliphatic heterocycles. The summed E-state index contributed by atoms with van der Waals surface area (Å²) in [6.07, 6.45) is 0.748. The smallest absolute Gasteiger partial charge is 0.0715 e. The molecule has 1 N–H and O–H groups in total. The maximum Gasteiger partial charge on any atom is 0.0715 e. The molecule has 3 nitrogen and oxygen atoms in total. The lowest BCUT2D eigenvalue weighted by atomic mass is 9.79. The summed E-state index contributed by atoms with van der Waals surface area (Å²) in [5.41, 5.74) is 2.55. The first kappa shape index (κ1) is 13.8. The molecule has 4 rings (SSSR count). The fourth-order valence-electron chi connectivity index (χ4n) is 4.19. The van der Waals surface area contributed by atoms with E-state index in [2.05, 4.69) is 41.4 Å². The summed E-state index contributed by atoms with van der Waals surface area (Å²) < 4.78 is 0. The molecule has 2 heterocycles. The topological polar surface area (TPSA) is 38.9 Å².